The molecule has 1 aromatic heterocycles. The van der Waals surface area contributed by atoms with Gasteiger partial charge in [-0.1, -0.05) is 13.0 Å². The summed E-state index contributed by atoms with van der Waals surface area (Å²) in [6, 6.07) is 3.74. The number of aromatic amines is 1. The van der Waals surface area contributed by atoms with Crippen LogP contribution in [0.25, 0.3) is 10.9 Å². The zero-order valence-electron chi connectivity index (χ0n) is 10.1. The highest BCUT2D eigenvalue weighted by Gasteiger charge is 2.33. The zero-order chi connectivity index (χ0) is 14.0. The molecule has 0 fully saturated rings. The van der Waals surface area contributed by atoms with Crippen LogP contribution in [0.5, 0.6) is 0 Å². The third-order valence-electron chi connectivity index (χ3n) is 2.64. The fourth-order valence-corrected chi connectivity index (χ4v) is 1.80. The van der Waals surface area contributed by atoms with Crippen molar-refractivity contribution in [2.45, 2.75) is 25.9 Å². The van der Waals surface area contributed by atoms with E-state index in [-0.39, 0.29) is 22.6 Å². The predicted molar refractivity (Wildman–Crippen MR) is 64.6 cm³/mol. The predicted octanol–water partition coefficient (Wildman–Crippen LogP) is 3.32. The summed E-state index contributed by atoms with van der Waals surface area (Å²) < 4.78 is 38.3. The van der Waals surface area contributed by atoms with E-state index in [1.807, 2.05) is 6.92 Å². The molecule has 0 bridgehead atoms. The first kappa shape index (κ1) is 13.4. The molecule has 1 amide bonds. The molecule has 0 saturated carbocycles. The molecule has 19 heavy (non-hydrogen) atoms. The molecule has 0 saturated heterocycles. The molecule has 0 unspecified atom stereocenters. The number of hydrogen-bond acceptors (Lipinski definition) is 2. The van der Waals surface area contributed by atoms with Gasteiger partial charge in [0.25, 0.3) is 0 Å². The molecule has 102 valence electrons. The van der Waals surface area contributed by atoms with Gasteiger partial charge in [0, 0.05) is 11.8 Å². The van der Waals surface area contributed by atoms with Crippen LogP contribution >= 0.6 is 0 Å². The second kappa shape index (κ2) is 4.91. The Bertz CT molecular complexity index is 604. The number of fused-ring (bicyclic) bond motifs is 1. The molecule has 4 nitrogen and oxygen atoms in total. The molecule has 1 aromatic carbocycles. The lowest BCUT2D eigenvalue weighted by Gasteiger charge is -2.07. The van der Waals surface area contributed by atoms with Crippen molar-refractivity contribution >= 4 is 22.6 Å². The van der Waals surface area contributed by atoms with E-state index in [9.17, 15) is 18.0 Å². The number of hydrogen-bond donors (Lipinski definition) is 2. The van der Waals surface area contributed by atoms with E-state index in [0.717, 1.165) is 6.07 Å². The number of benzene rings is 1. The number of nitrogens with zero attached hydrogens (tertiary/aromatic N) is 1. The average Bonchev–Trinajstić information content (AvgIpc) is 2.71. The van der Waals surface area contributed by atoms with Gasteiger partial charge in [-0.3, -0.25) is 9.89 Å². The maximum atomic E-state index is 12.8. The first-order valence-electron chi connectivity index (χ1n) is 5.77. The van der Waals surface area contributed by atoms with Crippen LogP contribution in [0.1, 0.15) is 25.3 Å². The van der Waals surface area contributed by atoms with Gasteiger partial charge in [0.1, 0.15) is 0 Å². The van der Waals surface area contributed by atoms with Crippen molar-refractivity contribution in [3.05, 3.63) is 23.8 Å². The van der Waals surface area contributed by atoms with E-state index < -0.39 is 11.7 Å². The van der Waals surface area contributed by atoms with E-state index in [1.165, 1.54) is 12.1 Å². The first-order chi connectivity index (χ1) is 8.93. The number of amides is 1. The Morgan fingerprint density at radius 1 is 1.42 bits per heavy atom. The number of nitrogens with one attached hydrogen (secondary N) is 2. The third-order valence-corrected chi connectivity index (χ3v) is 2.64. The number of halogens is 3. The standard InChI is InChI=1S/C12H12F3N3O/c1-2-4-9(19)16-11-7-5-3-6-8(12(13,14)15)10(7)17-18-11/h3,5-6H,2,4H2,1H3,(H2,16,17,18,19). The molecule has 1 heterocycles. The Morgan fingerprint density at radius 3 is 2.79 bits per heavy atom. The smallest absolute Gasteiger partial charge is 0.309 e. The highest BCUT2D eigenvalue weighted by Crippen LogP contribution is 2.35. The summed E-state index contributed by atoms with van der Waals surface area (Å²) in [5.74, 6) is -0.145. The van der Waals surface area contributed by atoms with Gasteiger partial charge in [-0.05, 0) is 18.6 Å². The minimum atomic E-state index is -4.46. The fraction of sp³-hybridized carbons (Fsp3) is 0.333. The van der Waals surface area contributed by atoms with Gasteiger partial charge in [0.15, 0.2) is 5.82 Å². The molecule has 0 aliphatic carbocycles. The highest BCUT2D eigenvalue weighted by molar-refractivity contribution is 6.00. The summed E-state index contributed by atoms with van der Waals surface area (Å²) in [5.41, 5.74) is -0.921. The molecule has 0 spiro atoms. The number of carbonyl (C=O) groups excluding carboxylic acids is 1. The van der Waals surface area contributed by atoms with Gasteiger partial charge in [0.2, 0.25) is 5.91 Å². The summed E-state index contributed by atoms with van der Waals surface area (Å²) in [6.45, 7) is 1.84. The van der Waals surface area contributed by atoms with Gasteiger partial charge in [-0.25, -0.2) is 0 Å². The van der Waals surface area contributed by atoms with Crippen LogP contribution in [0, 0.1) is 0 Å². The summed E-state index contributed by atoms with van der Waals surface area (Å²) in [6.07, 6.45) is -3.51. The van der Waals surface area contributed by atoms with Gasteiger partial charge >= 0.3 is 6.18 Å². The molecule has 0 atom stereocenters. The SMILES string of the molecule is CCCC(=O)Nc1n[nH]c2c(C(F)(F)F)cccc12. The van der Waals surface area contributed by atoms with Crippen molar-refractivity contribution in [2.75, 3.05) is 5.32 Å². The van der Waals surface area contributed by atoms with Gasteiger partial charge in [-0.15, -0.1) is 0 Å². The second-order valence-corrected chi connectivity index (χ2v) is 4.10. The number of alkyl halides is 3. The molecule has 0 aliphatic heterocycles. The maximum Gasteiger partial charge on any atom is 0.418 e. The summed E-state index contributed by atoms with van der Waals surface area (Å²) in [5, 5.41) is 8.81. The van der Waals surface area contributed by atoms with Gasteiger partial charge in [0.05, 0.1) is 11.1 Å². The minimum Gasteiger partial charge on any atom is -0.309 e. The highest BCUT2D eigenvalue weighted by atomic mass is 19.4. The van der Waals surface area contributed by atoms with Crippen LogP contribution in [0.4, 0.5) is 19.0 Å². The van der Waals surface area contributed by atoms with Crippen LogP contribution in [-0.2, 0) is 11.0 Å². The molecular weight excluding hydrogens is 259 g/mol. The van der Waals surface area contributed by atoms with Crippen molar-refractivity contribution in [1.29, 1.82) is 0 Å². The van der Waals surface area contributed by atoms with Crippen molar-refractivity contribution in [1.82, 2.24) is 10.2 Å². The van der Waals surface area contributed by atoms with Crippen LogP contribution in [0.3, 0.4) is 0 Å². The largest absolute Gasteiger partial charge is 0.418 e. The number of carbonyl (C=O) groups is 1. The van der Waals surface area contributed by atoms with Crippen LogP contribution < -0.4 is 5.32 Å². The number of para-hydroxylation sites is 1. The lowest BCUT2D eigenvalue weighted by atomic mass is 10.1. The van der Waals surface area contributed by atoms with Crippen LogP contribution in [0.15, 0.2) is 18.2 Å². The van der Waals surface area contributed by atoms with E-state index in [2.05, 4.69) is 15.5 Å². The average molecular weight is 271 g/mol. The van der Waals surface area contributed by atoms with Crippen molar-refractivity contribution in [3.63, 3.8) is 0 Å². The first-order valence-corrected chi connectivity index (χ1v) is 5.77. The number of anilines is 1. The van der Waals surface area contributed by atoms with Crippen LogP contribution in [-0.4, -0.2) is 16.1 Å². The van der Waals surface area contributed by atoms with Crippen LogP contribution in [0.2, 0.25) is 0 Å². The summed E-state index contributed by atoms with van der Waals surface area (Å²) >= 11 is 0. The monoisotopic (exact) mass is 271 g/mol. The quantitative estimate of drug-likeness (QED) is 0.899. The van der Waals surface area contributed by atoms with Crippen molar-refractivity contribution < 1.29 is 18.0 Å². The number of H-pyrrole nitrogens is 1. The Morgan fingerprint density at radius 2 is 2.16 bits per heavy atom. The molecule has 2 aromatic rings. The molecule has 0 aliphatic rings. The molecular formula is C12H12F3N3O. The lowest BCUT2D eigenvalue weighted by molar-refractivity contribution is -0.136. The normalized spacial score (nSPS) is 11.8. The molecule has 0 radical (unpaired) electrons. The number of aromatic nitrogens is 2. The zero-order valence-corrected chi connectivity index (χ0v) is 10.1. The second-order valence-electron chi connectivity index (χ2n) is 4.10. The van der Waals surface area contributed by atoms with Gasteiger partial charge < -0.3 is 5.32 Å². The van der Waals surface area contributed by atoms with Gasteiger partial charge in [-0.2, -0.15) is 18.3 Å². The topological polar surface area (TPSA) is 57.8 Å². The Labute approximate surface area is 107 Å². The van der Waals surface area contributed by atoms with E-state index in [0.29, 0.717) is 12.8 Å². The Kier molecular flexibility index (Phi) is 3.46. The molecule has 2 N–H and O–H groups in total. The lowest BCUT2D eigenvalue weighted by Crippen LogP contribution is -2.11. The maximum absolute atomic E-state index is 12.8. The third kappa shape index (κ3) is 2.69. The van der Waals surface area contributed by atoms with Crippen molar-refractivity contribution in [3.8, 4) is 0 Å². The Hall–Kier alpha value is -2.05. The molecule has 2 rings (SSSR count). The fourth-order valence-electron chi connectivity index (χ4n) is 1.80. The Balaban J connectivity index is 2.42. The minimum absolute atomic E-state index is 0.123. The molecule has 7 heteroatoms. The summed E-state index contributed by atoms with van der Waals surface area (Å²) in [7, 11) is 0. The van der Waals surface area contributed by atoms with E-state index in [1.54, 1.807) is 0 Å². The van der Waals surface area contributed by atoms with Crippen molar-refractivity contribution in [2.24, 2.45) is 0 Å². The number of rotatable bonds is 3. The summed E-state index contributed by atoms with van der Waals surface area (Å²) in [4.78, 5) is 11.4. The van der Waals surface area contributed by atoms with E-state index in [4.69, 9.17) is 0 Å². The van der Waals surface area contributed by atoms with E-state index >= 15 is 0 Å².